The first-order valence-corrected chi connectivity index (χ1v) is 10.5. The number of amides is 1. The molecular formula is C22H25ClN4OS. The molecule has 5 nitrogen and oxygen atoms in total. The average Bonchev–Trinajstić information content (AvgIpc) is 3.35. The van der Waals surface area contributed by atoms with Gasteiger partial charge in [-0.2, -0.15) is 0 Å². The lowest BCUT2D eigenvalue weighted by Crippen LogP contribution is -2.38. The van der Waals surface area contributed by atoms with Gasteiger partial charge < -0.3 is 9.88 Å². The Labute approximate surface area is 180 Å². The van der Waals surface area contributed by atoms with Crippen LogP contribution < -0.4 is 4.90 Å². The van der Waals surface area contributed by atoms with Gasteiger partial charge in [0.2, 0.25) is 0 Å². The number of halogens is 1. The highest BCUT2D eigenvalue weighted by Crippen LogP contribution is 2.30. The summed E-state index contributed by atoms with van der Waals surface area (Å²) in [6, 6.07) is 15.9. The summed E-state index contributed by atoms with van der Waals surface area (Å²) in [5.74, 6) is -0.0105. The number of anilines is 1. The van der Waals surface area contributed by atoms with Crippen LogP contribution in [-0.4, -0.2) is 47.0 Å². The third kappa shape index (κ3) is 4.29. The van der Waals surface area contributed by atoms with Crippen LogP contribution in [-0.2, 0) is 0 Å². The fraction of sp³-hybridized carbons (Fsp3) is 0.273. The zero-order valence-electron chi connectivity index (χ0n) is 16.6. The maximum absolute atomic E-state index is 13.5. The van der Waals surface area contributed by atoms with E-state index >= 15 is 0 Å². The highest BCUT2D eigenvalue weighted by atomic mass is 35.5. The van der Waals surface area contributed by atoms with Gasteiger partial charge in [0.15, 0.2) is 5.13 Å². The zero-order chi connectivity index (χ0) is 19.5. The van der Waals surface area contributed by atoms with Crippen molar-refractivity contribution in [2.45, 2.75) is 13.8 Å². The molecule has 2 aromatic carbocycles. The molecule has 0 fully saturated rings. The minimum Gasteiger partial charge on any atom is -0.360 e. The molecule has 0 aliphatic heterocycles. The monoisotopic (exact) mass is 428 g/mol. The van der Waals surface area contributed by atoms with Crippen molar-refractivity contribution in [1.82, 2.24) is 14.9 Å². The molecule has 0 spiro atoms. The molecule has 29 heavy (non-hydrogen) atoms. The Morgan fingerprint density at radius 3 is 2.52 bits per heavy atom. The maximum Gasteiger partial charge on any atom is 0.262 e. The van der Waals surface area contributed by atoms with Crippen molar-refractivity contribution in [3.63, 3.8) is 0 Å². The van der Waals surface area contributed by atoms with E-state index in [0.29, 0.717) is 12.1 Å². The molecule has 1 amide bonds. The summed E-state index contributed by atoms with van der Waals surface area (Å²) in [6.45, 7) is 7.65. The van der Waals surface area contributed by atoms with E-state index < -0.39 is 0 Å². The maximum atomic E-state index is 13.5. The van der Waals surface area contributed by atoms with Gasteiger partial charge in [-0.05, 0) is 31.3 Å². The third-order valence-corrected chi connectivity index (χ3v) is 6.17. The molecule has 1 N–H and O–H groups in total. The molecule has 0 aliphatic rings. The van der Waals surface area contributed by atoms with E-state index in [1.807, 2.05) is 53.6 Å². The van der Waals surface area contributed by atoms with E-state index in [4.69, 9.17) is 4.98 Å². The Kier molecular flexibility index (Phi) is 6.90. The van der Waals surface area contributed by atoms with Crippen molar-refractivity contribution in [2.24, 2.45) is 0 Å². The van der Waals surface area contributed by atoms with E-state index in [1.54, 1.807) is 11.3 Å². The first-order valence-electron chi connectivity index (χ1n) is 9.67. The van der Waals surface area contributed by atoms with Crippen LogP contribution in [0.4, 0.5) is 5.13 Å². The lowest BCUT2D eigenvalue weighted by atomic mass is 10.1. The number of carbonyl (C=O) groups is 1. The number of rotatable bonds is 7. The molecule has 4 aromatic rings. The Balaban J connectivity index is 0.00000240. The summed E-state index contributed by atoms with van der Waals surface area (Å²) in [5.41, 5.74) is 2.59. The van der Waals surface area contributed by atoms with Crippen LogP contribution in [0.3, 0.4) is 0 Å². The molecule has 0 bridgehead atoms. The summed E-state index contributed by atoms with van der Waals surface area (Å²) in [5, 5.41) is 1.70. The van der Waals surface area contributed by atoms with Crippen LogP contribution in [0.5, 0.6) is 0 Å². The number of aromatic amines is 1. The number of nitrogens with one attached hydrogen (secondary N) is 1. The predicted molar refractivity (Wildman–Crippen MR) is 125 cm³/mol. The topological polar surface area (TPSA) is 52.2 Å². The first-order chi connectivity index (χ1) is 13.7. The Morgan fingerprint density at radius 1 is 1.03 bits per heavy atom. The molecule has 4 rings (SSSR count). The fourth-order valence-corrected chi connectivity index (χ4v) is 4.42. The van der Waals surface area contributed by atoms with Crippen LogP contribution in [0.2, 0.25) is 0 Å². The van der Waals surface area contributed by atoms with Crippen LogP contribution in [0.15, 0.2) is 54.7 Å². The molecule has 2 heterocycles. The number of nitrogens with zero attached hydrogens (tertiary/aromatic N) is 3. The number of hydrogen-bond donors (Lipinski definition) is 1. The summed E-state index contributed by atoms with van der Waals surface area (Å²) < 4.78 is 1.09. The lowest BCUT2D eigenvalue weighted by molar-refractivity contribution is 0.0985. The molecule has 2 aromatic heterocycles. The quantitative estimate of drug-likeness (QED) is 0.440. The SMILES string of the molecule is CCN(CC)CCN(C(=O)c1c[nH]c2ccccc12)c1nc2ccccc2s1.Cl. The third-order valence-electron chi connectivity index (χ3n) is 5.11. The summed E-state index contributed by atoms with van der Waals surface area (Å²) >= 11 is 1.57. The van der Waals surface area contributed by atoms with Gasteiger partial charge in [0.25, 0.3) is 5.91 Å². The number of fused-ring (bicyclic) bond motifs is 2. The molecule has 0 saturated heterocycles. The predicted octanol–water partition coefficient (Wildman–Crippen LogP) is 5.19. The Hall–Kier alpha value is -2.41. The molecular weight excluding hydrogens is 404 g/mol. The van der Waals surface area contributed by atoms with Gasteiger partial charge in [-0.1, -0.05) is 55.5 Å². The zero-order valence-corrected chi connectivity index (χ0v) is 18.2. The molecule has 0 aliphatic carbocycles. The molecule has 0 atom stereocenters. The normalized spacial score (nSPS) is 11.1. The number of benzene rings is 2. The molecule has 7 heteroatoms. The van der Waals surface area contributed by atoms with Gasteiger partial charge in [0.1, 0.15) is 0 Å². The number of thiazole rings is 1. The number of hydrogen-bond acceptors (Lipinski definition) is 4. The number of likely N-dealkylation sites (N-methyl/N-ethyl adjacent to an activating group) is 1. The van der Waals surface area contributed by atoms with Crippen molar-refractivity contribution < 1.29 is 4.79 Å². The smallest absolute Gasteiger partial charge is 0.262 e. The fourth-order valence-electron chi connectivity index (χ4n) is 3.43. The largest absolute Gasteiger partial charge is 0.360 e. The minimum atomic E-state index is -0.0105. The minimum absolute atomic E-state index is 0. The summed E-state index contributed by atoms with van der Waals surface area (Å²) in [6.07, 6.45) is 1.81. The second kappa shape index (κ2) is 9.39. The van der Waals surface area contributed by atoms with Crippen LogP contribution in [0.1, 0.15) is 24.2 Å². The Morgan fingerprint density at radius 2 is 1.76 bits per heavy atom. The van der Waals surface area contributed by atoms with Crippen molar-refractivity contribution in [2.75, 3.05) is 31.1 Å². The van der Waals surface area contributed by atoms with Crippen LogP contribution >= 0.6 is 23.7 Å². The van der Waals surface area contributed by atoms with Gasteiger partial charge >= 0.3 is 0 Å². The second-order valence-electron chi connectivity index (χ2n) is 6.70. The van der Waals surface area contributed by atoms with Crippen molar-refractivity contribution in [3.8, 4) is 0 Å². The van der Waals surface area contributed by atoms with Crippen LogP contribution in [0, 0.1) is 0 Å². The number of aromatic nitrogens is 2. The summed E-state index contributed by atoms with van der Waals surface area (Å²) in [4.78, 5) is 25.7. The van der Waals surface area contributed by atoms with Gasteiger partial charge in [-0.3, -0.25) is 9.69 Å². The van der Waals surface area contributed by atoms with Crippen molar-refractivity contribution in [1.29, 1.82) is 0 Å². The first kappa shape index (κ1) is 21.3. The highest BCUT2D eigenvalue weighted by Gasteiger charge is 2.24. The molecule has 0 saturated carbocycles. The van der Waals surface area contributed by atoms with Gasteiger partial charge in [-0.15, -0.1) is 12.4 Å². The standard InChI is InChI=1S/C22H24N4OS.ClH/c1-3-25(4-2)13-14-26(22-24-19-11-7-8-12-20(19)28-22)21(27)17-15-23-18-10-6-5-9-16(17)18;/h5-12,15,23H,3-4,13-14H2,1-2H3;1H. The second-order valence-corrected chi connectivity index (χ2v) is 7.70. The molecule has 0 radical (unpaired) electrons. The average molecular weight is 429 g/mol. The van der Waals surface area contributed by atoms with E-state index in [9.17, 15) is 4.79 Å². The highest BCUT2D eigenvalue weighted by molar-refractivity contribution is 7.22. The lowest BCUT2D eigenvalue weighted by Gasteiger charge is -2.24. The number of para-hydroxylation sites is 2. The van der Waals surface area contributed by atoms with Gasteiger partial charge in [0, 0.05) is 30.2 Å². The van der Waals surface area contributed by atoms with Crippen molar-refractivity contribution >= 4 is 55.9 Å². The van der Waals surface area contributed by atoms with Crippen LogP contribution in [0.25, 0.3) is 21.1 Å². The number of H-pyrrole nitrogens is 1. The van der Waals surface area contributed by atoms with Gasteiger partial charge in [-0.25, -0.2) is 4.98 Å². The molecule has 152 valence electrons. The van der Waals surface area contributed by atoms with E-state index in [2.05, 4.69) is 29.8 Å². The van der Waals surface area contributed by atoms with E-state index in [1.165, 1.54) is 0 Å². The Bertz CT molecular complexity index is 1070. The number of carbonyl (C=O) groups excluding carboxylic acids is 1. The van der Waals surface area contributed by atoms with E-state index in [0.717, 1.165) is 45.9 Å². The van der Waals surface area contributed by atoms with Crippen molar-refractivity contribution in [3.05, 3.63) is 60.3 Å². The summed E-state index contributed by atoms with van der Waals surface area (Å²) in [7, 11) is 0. The molecule has 0 unspecified atom stereocenters. The van der Waals surface area contributed by atoms with E-state index in [-0.39, 0.29) is 18.3 Å². The van der Waals surface area contributed by atoms with Gasteiger partial charge in [0.05, 0.1) is 15.8 Å².